The summed E-state index contributed by atoms with van der Waals surface area (Å²) in [6.45, 7) is 1.89. The zero-order chi connectivity index (χ0) is 17.9. The van der Waals surface area contributed by atoms with Gasteiger partial charge in [-0.25, -0.2) is 9.97 Å². The molecule has 0 fully saturated rings. The zero-order valence-electron chi connectivity index (χ0n) is 13.7. The van der Waals surface area contributed by atoms with E-state index < -0.39 is 0 Å². The molecular weight excluding hydrogens is 388 g/mol. The summed E-state index contributed by atoms with van der Waals surface area (Å²) < 4.78 is 1.97. The minimum atomic E-state index is 0.00966. The molecule has 0 radical (unpaired) electrons. The fraction of sp³-hybridized carbons (Fsp3) is 0.167. The van der Waals surface area contributed by atoms with Gasteiger partial charge in [0.1, 0.15) is 9.98 Å². The van der Waals surface area contributed by atoms with Crippen LogP contribution in [0.1, 0.15) is 15.2 Å². The first kappa shape index (κ1) is 17.2. The third kappa shape index (κ3) is 3.80. The molecule has 0 bridgehead atoms. The van der Waals surface area contributed by atoms with Crippen molar-refractivity contribution in [3.05, 3.63) is 69.3 Å². The van der Waals surface area contributed by atoms with Gasteiger partial charge in [-0.05, 0) is 40.6 Å². The predicted octanol–water partition coefficient (Wildman–Crippen LogP) is 4.55. The normalized spacial score (nSPS) is 11.1. The molecule has 0 aliphatic carbocycles. The van der Waals surface area contributed by atoms with Crippen LogP contribution in [0.3, 0.4) is 0 Å². The molecule has 0 spiro atoms. The number of halogens is 1. The van der Waals surface area contributed by atoms with Crippen molar-refractivity contribution in [2.24, 2.45) is 0 Å². The Morgan fingerprint density at radius 2 is 2.23 bits per heavy atom. The SMILES string of the molecule is O=C(c1cc2ccc(Cl)nc2s1)N(CCn1ccnc1)Cc1ccsc1. The average Bonchev–Trinajstić information content (AvgIpc) is 3.38. The van der Waals surface area contributed by atoms with Crippen LogP contribution in [0.2, 0.25) is 5.15 Å². The molecule has 0 aliphatic heterocycles. The molecule has 0 N–H and O–H groups in total. The molecule has 4 aromatic rings. The van der Waals surface area contributed by atoms with Crippen molar-refractivity contribution in [1.82, 2.24) is 19.4 Å². The lowest BCUT2D eigenvalue weighted by atomic mass is 10.2. The molecule has 4 rings (SSSR count). The molecule has 4 aromatic heterocycles. The number of hydrogen-bond acceptors (Lipinski definition) is 5. The average molecular weight is 403 g/mol. The summed E-state index contributed by atoms with van der Waals surface area (Å²) in [6, 6.07) is 7.58. The highest BCUT2D eigenvalue weighted by atomic mass is 35.5. The number of pyridine rings is 1. The predicted molar refractivity (Wildman–Crippen MR) is 106 cm³/mol. The fourth-order valence-electron chi connectivity index (χ4n) is 2.67. The second-order valence-electron chi connectivity index (χ2n) is 5.80. The van der Waals surface area contributed by atoms with E-state index in [9.17, 15) is 4.79 Å². The molecule has 5 nitrogen and oxygen atoms in total. The van der Waals surface area contributed by atoms with E-state index in [0.29, 0.717) is 29.7 Å². The van der Waals surface area contributed by atoms with Crippen molar-refractivity contribution in [1.29, 1.82) is 0 Å². The van der Waals surface area contributed by atoms with Crippen LogP contribution < -0.4 is 0 Å². The molecular formula is C18H15ClN4OS2. The van der Waals surface area contributed by atoms with Gasteiger partial charge in [0.2, 0.25) is 0 Å². The summed E-state index contributed by atoms with van der Waals surface area (Å²) >= 11 is 8.98. The van der Waals surface area contributed by atoms with Crippen LogP contribution in [-0.2, 0) is 13.1 Å². The molecule has 0 aromatic carbocycles. The Kier molecular flexibility index (Phi) is 5.01. The summed E-state index contributed by atoms with van der Waals surface area (Å²) in [5, 5.41) is 5.48. The van der Waals surface area contributed by atoms with Crippen molar-refractivity contribution in [2.45, 2.75) is 13.1 Å². The van der Waals surface area contributed by atoms with Gasteiger partial charge in [0.25, 0.3) is 5.91 Å². The summed E-state index contributed by atoms with van der Waals surface area (Å²) in [5.41, 5.74) is 1.14. The zero-order valence-corrected chi connectivity index (χ0v) is 16.1. The van der Waals surface area contributed by atoms with Gasteiger partial charge in [-0.1, -0.05) is 11.6 Å². The van der Waals surface area contributed by atoms with Crippen molar-refractivity contribution < 1.29 is 4.79 Å². The van der Waals surface area contributed by atoms with Crippen molar-refractivity contribution in [3.8, 4) is 0 Å². The smallest absolute Gasteiger partial charge is 0.264 e. The van der Waals surface area contributed by atoms with Gasteiger partial charge in [0.15, 0.2) is 0 Å². The Labute approximate surface area is 163 Å². The molecule has 0 saturated carbocycles. The Hall–Kier alpha value is -2.22. The van der Waals surface area contributed by atoms with Gasteiger partial charge in [-0.2, -0.15) is 11.3 Å². The highest BCUT2D eigenvalue weighted by Crippen LogP contribution is 2.27. The van der Waals surface area contributed by atoms with E-state index in [1.54, 1.807) is 29.9 Å². The number of fused-ring (bicyclic) bond motifs is 1. The van der Waals surface area contributed by atoms with Gasteiger partial charge in [-0.15, -0.1) is 11.3 Å². The van der Waals surface area contributed by atoms with Gasteiger partial charge in [0, 0.05) is 37.4 Å². The molecule has 132 valence electrons. The highest BCUT2D eigenvalue weighted by molar-refractivity contribution is 7.20. The van der Waals surface area contributed by atoms with Crippen molar-refractivity contribution in [3.63, 3.8) is 0 Å². The van der Waals surface area contributed by atoms with Crippen LogP contribution in [-0.4, -0.2) is 31.9 Å². The van der Waals surface area contributed by atoms with Crippen LogP contribution in [0.15, 0.2) is 53.7 Å². The molecule has 0 unspecified atom stereocenters. The summed E-state index contributed by atoms with van der Waals surface area (Å²) in [6.07, 6.45) is 5.41. The minimum absolute atomic E-state index is 0.00966. The first-order valence-electron chi connectivity index (χ1n) is 8.01. The second kappa shape index (κ2) is 7.57. The maximum Gasteiger partial charge on any atom is 0.264 e. The van der Waals surface area contributed by atoms with Gasteiger partial charge >= 0.3 is 0 Å². The molecule has 8 heteroatoms. The molecule has 0 saturated heterocycles. The van der Waals surface area contributed by atoms with Crippen molar-refractivity contribution in [2.75, 3.05) is 6.54 Å². The third-order valence-electron chi connectivity index (χ3n) is 3.99. The number of carbonyl (C=O) groups excluding carboxylic acids is 1. The van der Waals surface area contributed by atoms with Gasteiger partial charge in [-0.3, -0.25) is 4.79 Å². The number of nitrogens with zero attached hydrogens (tertiary/aromatic N) is 4. The molecule has 0 aliphatic rings. The lowest BCUT2D eigenvalue weighted by Gasteiger charge is -2.22. The monoisotopic (exact) mass is 402 g/mol. The number of rotatable bonds is 6. The van der Waals surface area contributed by atoms with E-state index in [1.165, 1.54) is 11.3 Å². The first-order chi connectivity index (χ1) is 12.7. The number of amides is 1. The van der Waals surface area contributed by atoms with Crippen LogP contribution in [0, 0.1) is 0 Å². The highest BCUT2D eigenvalue weighted by Gasteiger charge is 2.19. The van der Waals surface area contributed by atoms with E-state index in [1.807, 2.05) is 33.2 Å². The maximum absolute atomic E-state index is 13.1. The minimum Gasteiger partial charge on any atom is -0.336 e. The summed E-state index contributed by atoms with van der Waals surface area (Å²) in [5.74, 6) is 0.00966. The first-order valence-corrected chi connectivity index (χ1v) is 10.1. The third-order valence-corrected chi connectivity index (χ3v) is 5.96. The van der Waals surface area contributed by atoms with Crippen LogP contribution in [0.4, 0.5) is 0 Å². The largest absolute Gasteiger partial charge is 0.336 e. The number of hydrogen-bond donors (Lipinski definition) is 0. The Bertz CT molecular complexity index is 1010. The van der Waals surface area contributed by atoms with Gasteiger partial charge in [0.05, 0.1) is 11.2 Å². The number of carbonyl (C=O) groups is 1. The molecule has 26 heavy (non-hydrogen) atoms. The van der Waals surface area contributed by atoms with Crippen LogP contribution >= 0.6 is 34.3 Å². The molecule has 1 amide bonds. The van der Waals surface area contributed by atoms with Crippen LogP contribution in [0.5, 0.6) is 0 Å². The summed E-state index contributed by atoms with van der Waals surface area (Å²) in [4.78, 5) is 24.8. The number of aromatic nitrogens is 3. The topological polar surface area (TPSA) is 51.0 Å². The molecule has 4 heterocycles. The Morgan fingerprint density at radius 1 is 1.31 bits per heavy atom. The van der Waals surface area contributed by atoms with Crippen LogP contribution in [0.25, 0.3) is 10.2 Å². The van der Waals surface area contributed by atoms with E-state index in [0.717, 1.165) is 15.8 Å². The number of imidazole rings is 1. The lowest BCUT2D eigenvalue weighted by Crippen LogP contribution is -2.32. The van der Waals surface area contributed by atoms with Crippen molar-refractivity contribution >= 4 is 50.4 Å². The van der Waals surface area contributed by atoms with Gasteiger partial charge < -0.3 is 9.47 Å². The lowest BCUT2D eigenvalue weighted by molar-refractivity contribution is 0.0742. The number of thiophene rings is 2. The van der Waals surface area contributed by atoms with E-state index in [4.69, 9.17) is 11.6 Å². The second-order valence-corrected chi connectivity index (χ2v) is 8.00. The fourth-order valence-corrected chi connectivity index (χ4v) is 4.52. The van der Waals surface area contributed by atoms with E-state index in [2.05, 4.69) is 21.4 Å². The molecule has 0 atom stereocenters. The maximum atomic E-state index is 13.1. The quantitative estimate of drug-likeness (QED) is 0.444. The Morgan fingerprint density at radius 3 is 3.00 bits per heavy atom. The van der Waals surface area contributed by atoms with E-state index in [-0.39, 0.29) is 5.91 Å². The Balaban J connectivity index is 1.58. The summed E-state index contributed by atoms with van der Waals surface area (Å²) in [7, 11) is 0. The standard InChI is InChI=1S/C18H15ClN4OS2/c19-16-2-1-14-9-15(26-17(14)21-16)18(24)23(10-13-3-8-25-11-13)7-6-22-5-4-20-12-22/h1-5,8-9,11-12H,6-7,10H2. The van der Waals surface area contributed by atoms with E-state index >= 15 is 0 Å².